The van der Waals surface area contributed by atoms with E-state index in [0.717, 1.165) is 37.2 Å². The quantitative estimate of drug-likeness (QED) is 0.848. The Balaban J connectivity index is 1.98. The average molecular weight is 221 g/mol. The first-order valence-corrected chi connectivity index (χ1v) is 5.80. The summed E-state index contributed by atoms with van der Waals surface area (Å²) in [6.45, 7) is 0.884. The fourth-order valence-corrected chi connectivity index (χ4v) is 2.12. The van der Waals surface area contributed by atoms with Crippen LogP contribution in [-0.4, -0.2) is 19.8 Å². The Hall–Kier alpha value is -1.06. The zero-order valence-corrected chi connectivity index (χ0v) is 9.69. The lowest BCUT2D eigenvalue weighted by Crippen LogP contribution is -2.18. The van der Waals surface area contributed by atoms with Crippen molar-refractivity contribution in [2.75, 3.05) is 13.7 Å². The molecule has 1 aliphatic heterocycles. The number of methoxy groups -OCH3 is 1. The molecule has 2 atom stereocenters. The smallest absolute Gasteiger partial charge is 0.119 e. The summed E-state index contributed by atoms with van der Waals surface area (Å²) in [6, 6.07) is 7.99. The molecule has 1 aromatic carbocycles. The molecule has 0 radical (unpaired) electrons. The zero-order chi connectivity index (χ0) is 11.4. The number of nitrogens with two attached hydrogens (primary N) is 1. The summed E-state index contributed by atoms with van der Waals surface area (Å²) < 4.78 is 10.8. The summed E-state index contributed by atoms with van der Waals surface area (Å²) in [7, 11) is 1.67. The molecule has 0 aromatic heterocycles. The maximum absolute atomic E-state index is 6.16. The van der Waals surface area contributed by atoms with Gasteiger partial charge in [0.05, 0.1) is 13.2 Å². The number of hydrogen-bond donors (Lipinski definition) is 1. The zero-order valence-electron chi connectivity index (χ0n) is 9.69. The molecule has 1 aliphatic rings. The molecule has 0 spiro atoms. The van der Waals surface area contributed by atoms with Crippen LogP contribution in [-0.2, 0) is 4.74 Å². The molecule has 1 heterocycles. The van der Waals surface area contributed by atoms with Crippen molar-refractivity contribution >= 4 is 0 Å². The van der Waals surface area contributed by atoms with Crippen molar-refractivity contribution in [3.05, 3.63) is 29.8 Å². The van der Waals surface area contributed by atoms with Crippen LogP contribution in [0.25, 0.3) is 0 Å². The Morgan fingerprint density at radius 3 is 3.12 bits per heavy atom. The Labute approximate surface area is 96.5 Å². The minimum atomic E-state index is 0.0400. The highest BCUT2D eigenvalue weighted by Crippen LogP contribution is 2.25. The predicted octanol–water partition coefficient (Wildman–Crippen LogP) is 2.26. The van der Waals surface area contributed by atoms with Crippen molar-refractivity contribution in [3.63, 3.8) is 0 Å². The van der Waals surface area contributed by atoms with Gasteiger partial charge in [-0.2, -0.15) is 0 Å². The second kappa shape index (κ2) is 5.32. The molecule has 2 unspecified atom stereocenters. The van der Waals surface area contributed by atoms with Crippen molar-refractivity contribution in [2.24, 2.45) is 5.73 Å². The molecule has 3 nitrogen and oxygen atoms in total. The van der Waals surface area contributed by atoms with E-state index in [1.165, 1.54) is 0 Å². The van der Waals surface area contributed by atoms with Gasteiger partial charge in [-0.15, -0.1) is 0 Å². The maximum atomic E-state index is 6.16. The first-order valence-electron chi connectivity index (χ1n) is 5.80. The SMILES string of the molecule is COc1cccc(C(N)CC2CCCO2)c1. The van der Waals surface area contributed by atoms with Gasteiger partial charge in [-0.25, -0.2) is 0 Å². The van der Waals surface area contributed by atoms with E-state index in [4.69, 9.17) is 15.2 Å². The van der Waals surface area contributed by atoms with Gasteiger partial charge in [-0.05, 0) is 37.0 Å². The van der Waals surface area contributed by atoms with Crippen LogP contribution in [0.5, 0.6) is 5.75 Å². The standard InChI is InChI=1S/C13H19NO2/c1-15-11-5-2-4-10(8-11)13(14)9-12-6-3-7-16-12/h2,4-5,8,12-13H,3,6-7,9,14H2,1H3. The molecule has 16 heavy (non-hydrogen) atoms. The van der Waals surface area contributed by atoms with E-state index in [0.29, 0.717) is 6.10 Å². The predicted molar refractivity (Wildman–Crippen MR) is 63.5 cm³/mol. The van der Waals surface area contributed by atoms with Gasteiger partial charge in [0.25, 0.3) is 0 Å². The van der Waals surface area contributed by atoms with Crippen molar-refractivity contribution in [2.45, 2.75) is 31.4 Å². The van der Waals surface area contributed by atoms with Gasteiger partial charge in [-0.1, -0.05) is 12.1 Å². The van der Waals surface area contributed by atoms with E-state index in [1.54, 1.807) is 7.11 Å². The Kier molecular flexibility index (Phi) is 3.80. The average Bonchev–Trinajstić information content (AvgIpc) is 2.82. The van der Waals surface area contributed by atoms with E-state index in [-0.39, 0.29) is 6.04 Å². The summed E-state index contributed by atoms with van der Waals surface area (Å²) in [5, 5.41) is 0. The van der Waals surface area contributed by atoms with E-state index < -0.39 is 0 Å². The third kappa shape index (κ3) is 2.74. The van der Waals surface area contributed by atoms with Gasteiger partial charge >= 0.3 is 0 Å². The van der Waals surface area contributed by atoms with Gasteiger partial charge in [0.15, 0.2) is 0 Å². The molecule has 0 amide bonds. The van der Waals surface area contributed by atoms with E-state index in [9.17, 15) is 0 Å². The van der Waals surface area contributed by atoms with Crippen molar-refractivity contribution < 1.29 is 9.47 Å². The van der Waals surface area contributed by atoms with Crippen LogP contribution in [0.4, 0.5) is 0 Å². The fraction of sp³-hybridized carbons (Fsp3) is 0.538. The van der Waals surface area contributed by atoms with Gasteiger partial charge in [0, 0.05) is 12.6 Å². The minimum Gasteiger partial charge on any atom is -0.497 e. The van der Waals surface area contributed by atoms with Crippen molar-refractivity contribution in [3.8, 4) is 5.75 Å². The molecule has 0 saturated carbocycles. The van der Waals surface area contributed by atoms with Crippen LogP contribution in [0.1, 0.15) is 30.9 Å². The highest BCUT2D eigenvalue weighted by molar-refractivity contribution is 5.30. The van der Waals surface area contributed by atoms with Crippen molar-refractivity contribution in [1.29, 1.82) is 0 Å². The lowest BCUT2D eigenvalue weighted by atomic mass is 10.00. The summed E-state index contributed by atoms with van der Waals surface area (Å²) >= 11 is 0. The van der Waals surface area contributed by atoms with Crippen LogP contribution in [0.3, 0.4) is 0 Å². The Morgan fingerprint density at radius 1 is 1.56 bits per heavy atom. The molecule has 88 valence electrons. The van der Waals surface area contributed by atoms with Crippen molar-refractivity contribution in [1.82, 2.24) is 0 Å². The fourth-order valence-electron chi connectivity index (χ4n) is 2.12. The largest absolute Gasteiger partial charge is 0.497 e. The van der Waals surface area contributed by atoms with E-state index in [2.05, 4.69) is 0 Å². The number of ether oxygens (including phenoxy) is 2. The Morgan fingerprint density at radius 2 is 2.44 bits per heavy atom. The van der Waals surface area contributed by atoms with Gasteiger partial charge in [-0.3, -0.25) is 0 Å². The highest BCUT2D eigenvalue weighted by atomic mass is 16.5. The summed E-state index contributed by atoms with van der Waals surface area (Å²) in [4.78, 5) is 0. The van der Waals surface area contributed by atoms with Crippen LogP contribution in [0.2, 0.25) is 0 Å². The molecule has 2 N–H and O–H groups in total. The van der Waals surface area contributed by atoms with Gasteiger partial charge in [0.2, 0.25) is 0 Å². The van der Waals surface area contributed by atoms with E-state index in [1.807, 2.05) is 24.3 Å². The summed E-state index contributed by atoms with van der Waals surface area (Å²) in [5.74, 6) is 0.861. The van der Waals surface area contributed by atoms with Crippen LogP contribution in [0.15, 0.2) is 24.3 Å². The molecule has 1 aromatic rings. The molecule has 0 bridgehead atoms. The molecule has 0 aliphatic carbocycles. The monoisotopic (exact) mass is 221 g/mol. The normalized spacial score (nSPS) is 22.0. The third-order valence-corrected chi connectivity index (χ3v) is 3.06. The van der Waals surface area contributed by atoms with Crippen LogP contribution >= 0.6 is 0 Å². The maximum Gasteiger partial charge on any atom is 0.119 e. The molecular formula is C13H19NO2. The summed E-state index contributed by atoms with van der Waals surface area (Å²) in [6.07, 6.45) is 3.53. The van der Waals surface area contributed by atoms with Crippen LogP contribution in [0, 0.1) is 0 Å². The topological polar surface area (TPSA) is 44.5 Å². The summed E-state index contributed by atoms with van der Waals surface area (Å²) in [5.41, 5.74) is 7.28. The third-order valence-electron chi connectivity index (χ3n) is 3.06. The molecule has 1 fully saturated rings. The number of rotatable bonds is 4. The molecule has 1 saturated heterocycles. The first-order chi connectivity index (χ1) is 7.79. The second-order valence-corrected chi connectivity index (χ2v) is 4.25. The minimum absolute atomic E-state index is 0.0400. The Bertz CT molecular complexity index is 334. The second-order valence-electron chi connectivity index (χ2n) is 4.25. The molecule has 3 heteroatoms. The number of benzene rings is 1. The molecular weight excluding hydrogens is 202 g/mol. The lowest BCUT2D eigenvalue weighted by Gasteiger charge is -2.17. The van der Waals surface area contributed by atoms with Gasteiger partial charge in [0.1, 0.15) is 5.75 Å². The number of hydrogen-bond acceptors (Lipinski definition) is 3. The van der Waals surface area contributed by atoms with Gasteiger partial charge < -0.3 is 15.2 Å². The highest BCUT2D eigenvalue weighted by Gasteiger charge is 2.19. The van der Waals surface area contributed by atoms with E-state index >= 15 is 0 Å². The first kappa shape index (κ1) is 11.4. The molecule has 2 rings (SSSR count). The van der Waals surface area contributed by atoms with Crippen LogP contribution < -0.4 is 10.5 Å². The lowest BCUT2D eigenvalue weighted by molar-refractivity contribution is 0.0983.